The molecule has 0 saturated heterocycles. The summed E-state index contributed by atoms with van der Waals surface area (Å²) in [4.78, 5) is 12.2. The third kappa shape index (κ3) is 6.38. The van der Waals surface area contributed by atoms with Gasteiger partial charge in [0.1, 0.15) is 23.9 Å². The second-order valence-corrected chi connectivity index (χ2v) is 6.52. The van der Waals surface area contributed by atoms with Crippen molar-refractivity contribution in [1.82, 2.24) is 5.43 Å². The Morgan fingerprint density at radius 3 is 2.43 bits per heavy atom. The minimum Gasteiger partial charge on any atom is -0.497 e. The minimum absolute atomic E-state index is 0.349. The van der Waals surface area contributed by atoms with Gasteiger partial charge < -0.3 is 14.2 Å². The van der Waals surface area contributed by atoms with Crippen molar-refractivity contribution in [3.05, 3.63) is 90.0 Å². The van der Waals surface area contributed by atoms with E-state index in [1.807, 2.05) is 66.7 Å². The topological polar surface area (TPSA) is 69.2 Å². The van der Waals surface area contributed by atoms with E-state index >= 15 is 0 Å². The van der Waals surface area contributed by atoms with Gasteiger partial charge in [0, 0.05) is 0 Å². The number of hydrogen-bond donors (Lipinski definition) is 1. The molecule has 0 heterocycles. The Balaban J connectivity index is 1.46. The first-order valence-electron chi connectivity index (χ1n) is 9.54. The maximum atomic E-state index is 12.2. The van der Waals surface area contributed by atoms with E-state index in [2.05, 4.69) is 10.5 Å². The number of methoxy groups -OCH3 is 1. The summed E-state index contributed by atoms with van der Waals surface area (Å²) in [7, 11) is 1.60. The molecule has 0 aliphatic heterocycles. The lowest BCUT2D eigenvalue weighted by Gasteiger charge is -2.13. The lowest BCUT2D eigenvalue weighted by atomic mass is 10.2. The van der Waals surface area contributed by atoms with E-state index in [-0.39, 0.29) is 5.91 Å². The average Bonchev–Trinajstić information content (AvgIpc) is 2.79. The first-order valence-corrected chi connectivity index (χ1v) is 9.54. The van der Waals surface area contributed by atoms with E-state index in [4.69, 9.17) is 14.2 Å². The van der Waals surface area contributed by atoms with Crippen LogP contribution in [-0.4, -0.2) is 25.3 Å². The van der Waals surface area contributed by atoms with Gasteiger partial charge in [-0.15, -0.1) is 0 Å². The standard InChI is InChI=1S/C24H24N2O4/c1-18(24(27)26-25-16-20-9-6-10-23(15-20)28-2)30-22-13-11-21(12-14-22)29-17-19-7-4-3-5-8-19/h3-16,18H,17H2,1-2H3,(H,26,27). The first-order chi connectivity index (χ1) is 14.6. The number of hydrazone groups is 1. The molecule has 1 N–H and O–H groups in total. The van der Waals surface area contributed by atoms with Crippen LogP contribution in [-0.2, 0) is 11.4 Å². The summed E-state index contributed by atoms with van der Waals surface area (Å²) >= 11 is 0. The normalized spacial score (nSPS) is 11.7. The van der Waals surface area contributed by atoms with Gasteiger partial charge in [-0.2, -0.15) is 5.10 Å². The van der Waals surface area contributed by atoms with Crippen molar-refractivity contribution in [2.24, 2.45) is 5.10 Å². The summed E-state index contributed by atoms with van der Waals surface area (Å²) < 4.78 is 16.6. The molecular weight excluding hydrogens is 380 g/mol. The van der Waals surface area contributed by atoms with Gasteiger partial charge in [-0.05, 0) is 54.4 Å². The van der Waals surface area contributed by atoms with E-state index in [0.29, 0.717) is 12.4 Å². The van der Waals surface area contributed by atoms with Gasteiger partial charge in [-0.1, -0.05) is 42.5 Å². The highest BCUT2D eigenvalue weighted by atomic mass is 16.5. The molecule has 0 aromatic heterocycles. The highest BCUT2D eigenvalue weighted by Gasteiger charge is 2.14. The Bertz CT molecular complexity index is 972. The molecule has 3 rings (SSSR count). The molecule has 6 nitrogen and oxygen atoms in total. The molecule has 6 heteroatoms. The van der Waals surface area contributed by atoms with Crippen molar-refractivity contribution in [3.8, 4) is 17.2 Å². The Morgan fingerprint density at radius 2 is 1.70 bits per heavy atom. The number of hydrogen-bond acceptors (Lipinski definition) is 5. The molecule has 3 aromatic carbocycles. The highest BCUT2D eigenvalue weighted by Crippen LogP contribution is 2.19. The Kier molecular flexibility index (Phi) is 7.44. The molecule has 0 aliphatic rings. The van der Waals surface area contributed by atoms with Gasteiger partial charge in [0.05, 0.1) is 13.3 Å². The predicted molar refractivity (Wildman–Crippen MR) is 116 cm³/mol. The quantitative estimate of drug-likeness (QED) is 0.429. The van der Waals surface area contributed by atoms with E-state index in [1.165, 1.54) is 0 Å². The number of carbonyl (C=O) groups excluding carboxylic acids is 1. The molecule has 0 radical (unpaired) electrons. The summed E-state index contributed by atoms with van der Waals surface area (Å²) in [6.07, 6.45) is 0.843. The maximum Gasteiger partial charge on any atom is 0.280 e. The fraction of sp³-hybridized carbons (Fsp3) is 0.167. The molecule has 30 heavy (non-hydrogen) atoms. The number of nitrogens with one attached hydrogen (secondary N) is 1. The number of amides is 1. The second kappa shape index (κ2) is 10.7. The van der Waals surface area contributed by atoms with Crippen LogP contribution in [0.1, 0.15) is 18.1 Å². The van der Waals surface area contributed by atoms with Crippen LogP contribution in [0.5, 0.6) is 17.2 Å². The van der Waals surface area contributed by atoms with Crippen molar-refractivity contribution in [1.29, 1.82) is 0 Å². The summed E-state index contributed by atoms with van der Waals surface area (Å²) in [5.74, 6) is 1.67. The summed E-state index contributed by atoms with van der Waals surface area (Å²) in [5.41, 5.74) is 4.39. The highest BCUT2D eigenvalue weighted by molar-refractivity contribution is 5.84. The number of rotatable bonds is 9. The van der Waals surface area contributed by atoms with Crippen LogP contribution in [0.15, 0.2) is 84.0 Å². The average molecular weight is 404 g/mol. The molecule has 0 bridgehead atoms. The van der Waals surface area contributed by atoms with Crippen LogP contribution >= 0.6 is 0 Å². The van der Waals surface area contributed by atoms with Gasteiger partial charge >= 0.3 is 0 Å². The number of ether oxygens (including phenoxy) is 3. The van der Waals surface area contributed by atoms with Gasteiger partial charge in [-0.3, -0.25) is 4.79 Å². The van der Waals surface area contributed by atoms with Gasteiger partial charge in [0.2, 0.25) is 0 Å². The van der Waals surface area contributed by atoms with E-state index in [9.17, 15) is 4.79 Å². The number of carbonyl (C=O) groups is 1. The van der Waals surface area contributed by atoms with Crippen molar-refractivity contribution < 1.29 is 19.0 Å². The third-order valence-electron chi connectivity index (χ3n) is 4.24. The van der Waals surface area contributed by atoms with Crippen molar-refractivity contribution >= 4 is 12.1 Å². The SMILES string of the molecule is COc1cccc(C=NNC(=O)C(C)Oc2ccc(OCc3ccccc3)cc2)c1. The zero-order valence-corrected chi connectivity index (χ0v) is 16.9. The second-order valence-electron chi connectivity index (χ2n) is 6.52. The van der Waals surface area contributed by atoms with Crippen LogP contribution in [0, 0.1) is 0 Å². The van der Waals surface area contributed by atoms with Crippen LogP contribution < -0.4 is 19.6 Å². The predicted octanol–water partition coefficient (Wildman–Crippen LogP) is 4.19. The molecule has 0 spiro atoms. The number of nitrogens with zero attached hydrogens (tertiary/aromatic N) is 1. The van der Waals surface area contributed by atoms with Crippen LogP contribution in [0.3, 0.4) is 0 Å². The summed E-state index contributed by atoms with van der Waals surface area (Å²) in [6.45, 7) is 2.15. The van der Waals surface area contributed by atoms with Crippen LogP contribution in [0.4, 0.5) is 0 Å². The monoisotopic (exact) mass is 404 g/mol. The Hall–Kier alpha value is -3.80. The van der Waals surface area contributed by atoms with Gasteiger partial charge in [-0.25, -0.2) is 5.43 Å². The molecule has 1 amide bonds. The fourth-order valence-corrected chi connectivity index (χ4v) is 2.60. The minimum atomic E-state index is -0.705. The lowest BCUT2D eigenvalue weighted by molar-refractivity contribution is -0.127. The van der Waals surface area contributed by atoms with E-state index in [0.717, 1.165) is 22.6 Å². The summed E-state index contributed by atoms with van der Waals surface area (Å²) in [5, 5.41) is 3.97. The Morgan fingerprint density at radius 1 is 0.967 bits per heavy atom. The lowest BCUT2D eigenvalue weighted by Crippen LogP contribution is -2.33. The first kappa shape index (κ1) is 20.9. The molecule has 0 aliphatic carbocycles. The third-order valence-corrected chi connectivity index (χ3v) is 4.24. The molecule has 1 unspecified atom stereocenters. The van der Waals surface area contributed by atoms with Crippen LogP contribution in [0.25, 0.3) is 0 Å². The molecule has 0 fully saturated rings. The van der Waals surface area contributed by atoms with Gasteiger partial charge in [0.25, 0.3) is 5.91 Å². The maximum absolute atomic E-state index is 12.2. The number of benzene rings is 3. The largest absolute Gasteiger partial charge is 0.497 e. The van der Waals surface area contributed by atoms with Crippen molar-refractivity contribution in [2.45, 2.75) is 19.6 Å². The van der Waals surface area contributed by atoms with Crippen molar-refractivity contribution in [2.75, 3.05) is 7.11 Å². The van der Waals surface area contributed by atoms with Crippen molar-refractivity contribution in [3.63, 3.8) is 0 Å². The smallest absolute Gasteiger partial charge is 0.280 e. The molecule has 154 valence electrons. The molecule has 0 saturated carbocycles. The van der Waals surface area contributed by atoms with Crippen LogP contribution in [0.2, 0.25) is 0 Å². The molecule has 3 aromatic rings. The summed E-state index contributed by atoms with van der Waals surface area (Å²) in [6, 6.07) is 24.5. The molecule has 1 atom stereocenters. The van der Waals surface area contributed by atoms with E-state index < -0.39 is 6.10 Å². The van der Waals surface area contributed by atoms with E-state index in [1.54, 1.807) is 32.4 Å². The zero-order valence-electron chi connectivity index (χ0n) is 16.9. The fourth-order valence-electron chi connectivity index (χ4n) is 2.60. The molecular formula is C24H24N2O4. The van der Waals surface area contributed by atoms with Gasteiger partial charge in [0.15, 0.2) is 6.10 Å². The zero-order chi connectivity index (χ0) is 21.2. The Labute approximate surface area is 176 Å².